The zero-order valence-electron chi connectivity index (χ0n) is 19.5. The summed E-state index contributed by atoms with van der Waals surface area (Å²) in [6.07, 6.45) is 1.56. The van der Waals surface area contributed by atoms with Crippen LogP contribution < -0.4 is 10.6 Å². The zero-order valence-corrected chi connectivity index (χ0v) is 19.5. The number of hydrogen-bond donors (Lipinski definition) is 1. The number of nitrogens with zero attached hydrogens (tertiary/aromatic N) is 2. The first-order valence-corrected chi connectivity index (χ1v) is 11.2. The summed E-state index contributed by atoms with van der Waals surface area (Å²) in [6, 6.07) is 6.25. The van der Waals surface area contributed by atoms with Crippen LogP contribution in [-0.4, -0.2) is 17.2 Å². The molecule has 0 bridgehead atoms. The van der Waals surface area contributed by atoms with Gasteiger partial charge in [0.25, 0.3) is 0 Å². The second-order valence-corrected chi connectivity index (χ2v) is 11.3. The lowest BCUT2D eigenvalue weighted by molar-refractivity contribution is -0.126. The van der Waals surface area contributed by atoms with E-state index in [-0.39, 0.29) is 40.9 Å². The summed E-state index contributed by atoms with van der Waals surface area (Å²) >= 11 is 0. The summed E-state index contributed by atoms with van der Waals surface area (Å²) in [6.45, 7) is 12.3. The molecule has 6 heteroatoms. The Labute approximate surface area is 188 Å². The number of anilines is 1. The van der Waals surface area contributed by atoms with Crippen LogP contribution in [0, 0.1) is 23.7 Å². The number of nitrogens with two attached hydrogens (primary N) is 1. The molecule has 3 aliphatic heterocycles. The molecule has 2 atom stereocenters. The van der Waals surface area contributed by atoms with E-state index in [0.717, 1.165) is 23.2 Å². The molecule has 0 fully saturated rings. The average molecular weight is 432 g/mol. The molecule has 2 N–H and O–H groups in total. The van der Waals surface area contributed by atoms with Crippen LogP contribution in [0.4, 0.5) is 5.69 Å². The summed E-state index contributed by atoms with van der Waals surface area (Å²) in [4.78, 5) is 30.0. The van der Waals surface area contributed by atoms with Gasteiger partial charge in [-0.05, 0) is 44.1 Å². The predicted molar refractivity (Wildman–Crippen MR) is 120 cm³/mol. The molecule has 166 valence electrons. The maximum absolute atomic E-state index is 14.5. The number of Topliss-reactive ketones (excluding diaryl/α,β-unsaturated/α-hetero) is 1. The number of hydrogen-bond acceptors (Lipinski definition) is 5. The fraction of sp³-hybridized carbons (Fsp3) is 0.500. The van der Waals surface area contributed by atoms with Crippen molar-refractivity contribution in [3.05, 3.63) is 51.6 Å². The van der Waals surface area contributed by atoms with Gasteiger partial charge in [0.2, 0.25) is 11.8 Å². The van der Waals surface area contributed by atoms with Crippen molar-refractivity contribution in [1.29, 1.82) is 5.26 Å². The van der Waals surface area contributed by atoms with Gasteiger partial charge in [-0.15, -0.1) is 0 Å². The topological polar surface area (TPSA) is 96.4 Å². The number of allylic oxidation sites excluding steroid dienone is 1. The van der Waals surface area contributed by atoms with Gasteiger partial charge in [-0.1, -0.05) is 38.5 Å². The molecule has 4 aliphatic rings. The standard InChI is InChI=1S/C26H29N3O3/c1-13-7-15-14(2)9-25(5,6)29-21(15)16(8-13)26(23(29)31)17(12-27)22(28)32-19-11-24(3,4)10-18(30)20(19)26/h7-8,14H,9-11,28H2,1-6H3/t14-,26+/m0/s1. The number of benzene rings is 1. The van der Waals surface area contributed by atoms with E-state index in [1.165, 1.54) is 0 Å². The Kier molecular flexibility index (Phi) is 3.93. The van der Waals surface area contributed by atoms with Crippen molar-refractivity contribution in [2.75, 3.05) is 4.90 Å². The van der Waals surface area contributed by atoms with Gasteiger partial charge in [0.1, 0.15) is 22.8 Å². The Balaban J connectivity index is 1.94. The second kappa shape index (κ2) is 6.04. The Morgan fingerprint density at radius 3 is 2.53 bits per heavy atom. The number of fused-ring (bicyclic) bond motifs is 2. The van der Waals surface area contributed by atoms with Crippen LogP contribution in [0.15, 0.2) is 34.9 Å². The molecular formula is C26H29N3O3. The van der Waals surface area contributed by atoms with Gasteiger partial charge >= 0.3 is 0 Å². The number of carbonyl (C=O) groups excluding carboxylic acids is 2. The van der Waals surface area contributed by atoms with E-state index < -0.39 is 11.0 Å². The summed E-state index contributed by atoms with van der Waals surface area (Å²) in [7, 11) is 0. The smallest absolute Gasteiger partial charge is 0.248 e. The number of amides is 1. The number of ketones is 1. The van der Waals surface area contributed by atoms with Crippen molar-refractivity contribution in [2.24, 2.45) is 11.1 Å². The molecule has 1 aliphatic carbocycles. The van der Waals surface area contributed by atoms with Crippen molar-refractivity contribution in [1.82, 2.24) is 0 Å². The van der Waals surface area contributed by atoms with E-state index in [2.05, 4.69) is 19.1 Å². The quantitative estimate of drug-likeness (QED) is 0.663. The molecule has 1 aromatic carbocycles. The van der Waals surface area contributed by atoms with Crippen LogP contribution in [0.2, 0.25) is 0 Å². The fourth-order valence-corrected chi connectivity index (χ4v) is 6.52. The lowest BCUT2D eigenvalue weighted by Gasteiger charge is -2.45. The Morgan fingerprint density at radius 2 is 1.88 bits per heavy atom. The molecule has 5 rings (SSSR count). The fourth-order valence-electron chi connectivity index (χ4n) is 6.52. The minimum absolute atomic E-state index is 0.0277. The third kappa shape index (κ3) is 2.34. The summed E-state index contributed by atoms with van der Waals surface area (Å²) < 4.78 is 5.89. The van der Waals surface area contributed by atoms with Crippen molar-refractivity contribution in [2.45, 2.75) is 77.7 Å². The number of nitriles is 1. The summed E-state index contributed by atoms with van der Waals surface area (Å²) in [5, 5.41) is 10.2. The third-order valence-corrected chi connectivity index (χ3v) is 7.55. The van der Waals surface area contributed by atoms with E-state index in [0.29, 0.717) is 23.3 Å². The zero-order chi connectivity index (χ0) is 23.4. The van der Waals surface area contributed by atoms with Crippen molar-refractivity contribution in [3.8, 4) is 6.07 Å². The van der Waals surface area contributed by atoms with Crippen LogP contribution >= 0.6 is 0 Å². The Morgan fingerprint density at radius 1 is 1.19 bits per heavy atom. The highest BCUT2D eigenvalue weighted by atomic mass is 16.5. The maximum Gasteiger partial charge on any atom is 0.248 e. The molecule has 6 nitrogen and oxygen atoms in total. The van der Waals surface area contributed by atoms with Gasteiger partial charge in [-0.3, -0.25) is 9.59 Å². The molecule has 32 heavy (non-hydrogen) atoms. The molecule has 0 saturated carbocycles. The maximum atomic E-state index is 14.5. The molecule has 0 unspecified atom stereocenters. The Bertz CT molecular complexity index is 1230. The molecule has 0 saturated heterocycles. The lowest BCUT2D eigenvalue weighted by Crippen LogP contribution is -2.56. The van der Waals surface area contributed by atoms with Crippen molar-refractivity contribution >= 4 is 17.4 Å². The molecular weight excluding hydrogens is 402 g/mol. The first kappa shape index (κ1) is 20.8. The van der Waals surface area contributed by atoms with E-state index in [4.69, 9.17) is 10.5 Å². The number of carbonyl (C=O) groups is 2. The number of ether oxygens (including phenoxy) is 1. The van der Waals surface area contributed by atoms with Crippen molar-refractivity contribution in [3.63, 3.8) is 0 Å². The molecule has 0 radical (unpaired) electrons. The van der Waals surface area contributed by atoms with Crippen LogP contribution in [0.25, 0.3) is 0 Å². The van der Waals surface area contributed by atoms with Gasteiger partial charge in [0.15, 0.2) is 5.78 Å². The van der Waals surface area contributed by atoms with Crippen molar-refractivity contribution < 1.29 is 14.3 Å². The highest BCUT2D eigenvalue weighted by molar-refractivity contribution is 6.21. The van der Waals surface area contributed by atoms with E-state index >= 15 is 0 Å². The summed E-state index contributed by atoms with van der Waals surface area (Å²) in [5.41, 5.74) is 7.90. The normalized spacial score (nSPS) is 29.7. The predicted octanol–water partition coefficient (Wildman–Crippen LogP) is 4.23. The highest BCUT2D eigenvalue weighted by Gasteiger charge is 2.66. The lowest BCUT2D eigenvalue weighted by atomic mass is 9.62. The molecule has 1 aromatic rings. The van der Waals surface area contributed by atoms with Gasteiger partial charge in [-0.2, -0.15) is 5.26 Å². The average Bonchev–Trinajstić information content (AvgIpc) is 2.89. The third-order valence-electron chi connectivity index (χ3n) is 7.55. The van der Waals surface area contributed by atoms with Crippen LogP contribution in [0.1, 0.15) is 76.5 Å². The summed E-state index contributed by atoms with van der Waals surface area (Å²) in [5.74, 6) is 0.174. The highest BCUT2D eigenvalue weighted by Crippen LogP contribution is 2.62. The van der Waals surface area contributed by atoms with Gasteiger partial charge in [0, 0.05) is 23.9 Å². The van der Waals surface area contributed by atoms with E-state index in [1.54, 1.807) is 0 Å². The van der Waals surface area contributed by atoms with E-state index in [1.807, 2.05) is 45.6 Å². The minimum atomic E-state index is -1.54. The SMILES string of the molecule is Cc1cc2c3c(c1)[C@@]1(C(=O)N3C(C)(C)C[C@@H]2C)C(C#N)=C(N)OC2=C1C(=O)CC(C)(C)C2. The van der Waals surface area contributed by atoms with Crippen LogP contribution in [0.5, 0.6) is 0 Å². The molecule has 1 spiro atoms. The van der Waals surface area contributed by atoms with E-state index in [9.17, 15) is 14.9 Å². The largest absolute Gasteiger partial charge is 0.444 e. The monoisotopic (exact) mass is 431 g/mol. The second-order valence-electron chi connectivity index (χ2n) is 11.3. The van der Waals surface area contributed by atoms with Gasteiger partial charge in [0.05, 0.1) is 11.3 Å². The van der Waals surface area contributed by atoms with Crippen LogP contribution in [0.3, 0.4) is 0 Å². The Hall–Kier alpha value is -3.07. The van der Waals surface area contributed by atoms with Gasteiger partial charge in [-0.25, -0.2) is 0 Å². The first-order valence-electron chi connectivity index (χ1n) is 11.2. The molecule has 1 amide bonds. The first-order chi connectivity index (χ1) is 14.8. The number of aryl methyl sites for hydroxylation is 1. The minimum Gasteiger partial charge on any atom is -0.444 e. The molecule has 0 aromatic heterocycles. The molecule has 3 heterocycles. The van der Waals surface area contributed by atoms with Gasteiger partial charge < -0.3 is 15.4 Å². The number of rotatable bonds is 0. The van der Waals surface area contributed by atoms with Crippen LogP contribution in [-0.2, 0) is 19.7 Å².